The maximum Gasteiger partial charge on any atom is 0.211 e. The van der Waals surface area contributed by atoms with Crippen molar-refractivity contribution in [2.75, 3.05) is 0 Å². The maximum absolute atomic E-state index is 9.33. The number of hydrogen-bond donors (Lipinski definition) is 1. The van der Waals surface area contributed by atoms with E-state index in [2.05, 4.69) is 22.0 Å². The van der Waals surface area contributed by atoms with Crippen LogP contribution in [0, 0.1) is 0 Å². The minimum atomic E-state index is 0.282. The van der Waals surface area contributed by atoms with Crippen molar-refractivity contribution >= 4 is 15.9 Å². The molecule has 0 unspecified atom stereocenters. The van der Waals surface area contributed by atoms with Gasteiger partial charge in [0.2, 0.25) is 6.20 Å². The Bertz CT molecular complexity index is 471. The molecule has 1 N–H and O–H groups in total. The van der Waals surface area contributed by atoms with Crippen LogP contribution in [0.5, 0.6) is 5.75 Å². The lowest BCUT2D eigenvalue weighted by atomic mass is 10.2. The van der Waals surface area contributed by atoms with Gasteiger partial charge in [-0.2, -0.15) is 4.57 Å². The zero-order chi connectivity index (χ0) is 10.7. The van der Waals surface area contributed by atoms with Crippen LogP contribution < -0.4 is 4.57 Å². The first kappa shape index (κ1) is 10.2. The first-order valence-electron chi connectivity index (χ1n) is 4.67. The zero-order valence-corrected chi connectivity index (χ0v) is 9.68. The molecule has 0 bridgehead atoms. The van der Waals surface area contributed by atoms with E-state index in [1.54, 1.807) is 12.3 Å². The van der Waals surface area contributed by atoms with E-state index in [0.29, 0.717) is 0 Å². The number of benzene rings is 1. The zero-order valence-electron chi connectivity index (χ0n) is 8.10. The van der Waals surface area contributed by atoms with E-state index in [1.165, 1.54) is 5.56 Å². The van der Waals surface area contributed by atoms with Crippen LogP contribution >= 0.6 is 15.9 Å². The second-order valence-corrected chi connectivity index (χ2v) is 4.18. The summed E-state index contributed by atoms with van der Waals surface area (Å²) in [5.41, 5.74) is 1.19. The molecule has 0 aliphatic heterocycles. The lowest BCUT2D eigenvalue weighted by Gasteiger charge is -2.00. The van der Waals surface area contributed by atoms with Gasteiger partial charge in [0.1, 0.15) is 0 Å². The van der Waals surface area contributed by atoms with E-state index in [1.807, 2.05) is 35.0 Å². The highest BCUT2D eigenvalue weighted by Gasteiger charge is 2.05. The third-order valence-electron chi connectivity index (χ3n) is 2.15. The molecule has 1 aromatic heterocycles. The first-order valence-corrected chi connectivity index (χ1v) is 5.46. The minimum absolute atomic E-state index is 0.282. The molecule has 76 valence electrons. The molecule has 0 fully saturated rings. The maximum atomic E-state index is 9.33. The third-order valence-corrected chi connectivity index (χ3v) is 2.93. The second-order valence-electron chi connectivity index (χ2n) is 3.33. The summed E-state index contributed by atoms with van der Waals surface area (Å²) in [6, 6.07) is 11.5. The molecular weight excluding hydrogens is 254 g/mol. The molecule has 2 rings (SSSR count). The predicted molar refractivity (Wildman–Crippen MR) is 61.5 cm³/mol. The molecule has 0 aliphatic carbocycles. The summed E-state index contributed by atoms with van der Waals surface area (Å²) in [4.78, 5) is 0. The molecule has 1 heterocycles. The Labute approximate surface area is 96.9 Å². The molecule has 0 radical (unpaired) electrons. The molecule has 0 atom stereocenters. The Balaban J connectivity index is 2.26. The van der Waals surface area contributed by atoms with Crippen LogP contribution in [-0.2, 0) is 6.54 Å². The molecule has 3 heteroatoms. The fraction of sp³-hybridized carbons (Fsp3) is 0.0833. The van der Waals surface area contributed by atoms with Crippen molar-refractivity contribution in [3.8, 4) is 5.75 Å². The first-order chi connectivity index (χ1) is 7.25. The number of rotatable bonds is 2. The van der Waals surface area contributed by atoms with Gasteiger partial charge < -0.3 is 5.11 Å². The highest BCUT2D eigenvalue weighted by atomic mass is 79.9. The van der Waals surface area contributed by atoms with Crippen molar-refractivity contribution in [3.63, 3.8) is 0 Å². The summed E-state index contributed by atoms with van der Waals surface area (Å²) in [5.74, 6) is 0.282. The number of halogens is 1. The van der Waals surface area contributed by atoms with Gasteiger partial charge in [-0.1, -0.05) is 34.1 Å². The Hall–Kier alpha value is -1.35. The number of hydrogen-bond acceptors (Lipinski definition) is 1. The second kappa shape index (κ2) is 4.45. The quantitative estimate of drug-likeness (QED) is 0.829. The van der Waals surface area contributed by atoms with Crippen LogP contribution in [0.2, 0.25) is 0 Å². The van der Waals surface area contributed by atoms with Gasteiger partial charge in [0.05, 0.1) is 0 Å². The van der Waals surface area contributed by atoms with Crippen molar-refractivity contribution in [1.82, 2.24) is 0 Å². The van der Waals surface area contributed by atoms with E-state index >= 15 is 0 Å². The summed E-state index contributed by atoms with van der Waals surface area (Å²) in [6.07, 6.45) is 3.64. The highest BCUT2D eigenvalue weighted by Crippen LogP contribution is 2.15. The normalized spacial score (nSPS) is 10.2. The molecule has 0 saturated carbocycles. The molecule has 0 saturated heterocycles. The van der Waals surface area contributed by atoms with Gasteiger partial charge in [0.25, 0.3) is 0 Å². The highest BCUT2D eigenvalue weighted by molar-refractivity contribution is 9.10. The lowest BCUT2D eigenvalue weighted by molar-refractivity contribution is -0.688. The molecule has 0 aliphatic rings. The van der Waals surface area contributed by atoms with E-state index in [9.17, 15) is 5.11 Å². The van der Waals surface area contributed by atoms with Crippen LogP contribution in [0.4, 0.5) is 0 Å². The minimum Gasteiger partial charge on any atom is -0.503 e. The summed E-state index contributed by atoms with van der Waals surface area (Å²) < 4.78 is 3.02. The lowest BCUT2D eigenvalue weighted by Crippen LogP contribution is -2.33. The van der Waals surface area contributed by atoms with Gasteiger partial charge in [-0.05, 0) is 12.1 Å². The van der Waals surface area contributed by atoms with Crippen LogP contribution in [0.1, 0.15) is 5.56 Å². The van der Waals surface area contributed by atoms with Gasteiger partial charge in [-0.15, -0.1) is 0 Å². The van der Waals surface area contributed by atoms with E-state index in [-0.39, 0.29) is 5.75 Å². The number of aromatic nitrogens is 1. The topological polar surface area (TPSA) is 24.1 Å². The van der Waals surface area contributed by atoms with Gasteiger partial charge in [0.15, 0.2) is 18.5 Å². The third kappa shape index (κ3) is 2.57. The van der Waals surface area contributed by atoms with Gasteiger partial charge >= 0.3 is 0 Å². The van der Waals surface area contributed by atoms with Crippen molar-refractivity contribution < 1.29 is 9.67 Å². The standard InChI is InChI=1S/C12H10BrNO/c13-12-6-2-1-4-10(12)8-14-7-3-5-11(15)9-14/h1-7,9H,8H2/p+1. The van der Waals surface area contributed by atoms with Crippen molar-refractivity contribution in [2.45, 2.75) is 6.54 Å². The van der Waals surface area contributed by atoms with Crippen molar-refractivity contribution in [1.29, 1.82) is 0 Å². The average Bonchev–Trinajstić information content (AvgIpc) is 2.22. The van der Waals surface area contributed by atoms with Crippen molar-refractivity contribution in [2.24, 2.45) is 0 Å². The van der Waals surface area contributed by atoms with Crippen LogP contribution in [0.25, 0.3) is 0 Å². The van der Waals surface area contributed by atoms with Gasteiger partial charge in [0, 0.05) is 16.1 Å². The molecule has 15 heavy (non-hydrogen) atoms. The monoisotopic (exact) mass is 264 g/mol. The van der Waals surface area contributed by atoms with E-state index < -0.39 is 0 Å². The largest absolute Gasteiger partial charge is 0.503 e. The fourth-order valence-electron chi connectivity index (χ4n) is 1.43. The molecular formula is C12H11BrNO+. The summed E-state index contributed by atoms with van der Waals surface area (Å²) in [5, 5.41) is 9.33. The Morgan fingerprint density at radius 3 is 2.67 bits per heavy atom. The summed E-state index contributed by atoms with van der Waals surface area (Å²) in [6.45, 7) is 0.746. The molecule has 0 spiro atoms. The number of nitrogens with zero attached hydrogens (tertiary/aromatic N) is 1. The van der Waals surface area contributed by atoms with Crippen molar-refractivity contribution in [3.05, 3.63) is 58.8 Å². The Morgan fingerprint density at radius 1 is 1.13 bits per heavy atom. The molecule has 1 aromatic carbocycles. The van der Waals surface area contributed by atoms with Crippen LogP contribution in [-0.4, -0.2) is 5.11 Å². The molecule has 0 amide bonds. The smallest absolute Gasteiger partial charge is 0.211 e. The summed E-state index contributed by atoms with van der Waals surface area (Å²) >= 11 is 3.50. The molecule has 2 nitrogen and oxygen atoms in total. The van der Waals surface area contributed by atoms with E-state index in [4.69, 9.17) is 0 Å². The number of aromatic hydroxyl groups is 1. The van der Waals surface area contributed by atoms with Gasteiger partial charge in [-0.25, -0.2) is 0 Å². The molecule has 2 aromatic rings. The Kier molecular flexibility index (Phi) is 3.02. The Morgan fingerprint density at radius 2 is 1.93 bits per heavy atom. The van der Waals surface area contributed by atoms with Crippen LogP contribution in [0.3, 0.4) is 0 Å². The van der Waals surface area contributed by atoms with Gasteiger partial charge in [-0.3, -0.25) is 0 Å². The van der Waals surface area contributed by atoms with E-state index in [0.717, 1.165) is 11.0 Å². The summed E-state index contributed by atoms with van der Waals surface area (Å²) in [7, 11) is 0. The van der Waals surface area contributed by atoms with Crippen LogP contribution in [0.15, 0.2) is 53.3 Å². The predicted octanol–water partition coefficient (Wildman–Crippen LogP) is 2.49. The average molecular weight is 265 g/mol. The fourth-order valence-corrected chi connectivity index (χ4v) is 1.84. The SMILES string of the molecule is Oc1ccc[n+](Cc2ccccc2Br)c1. The number of pyridine rings is 1.